The highest BCUT2D eigenvalue weighted by Crippen LogP contribution is 2.40. The van der Waals surface area contributed by atoms with Crippen LogP contribution in [-0.4, -0.2) is 44.1 Å². The van der Waals surface area contributed by atoms with Crippen molar-refractivity contribution >= 4 is 49.9 Å². The number of nitrogens with zero attached hydrogens (tertiary/aromatic N) is 4. The molecule has 30 heavy (non-hydrogen) atoms. The summed E-state index contributed by atoms with van der Waals surface area (Å²) in [5.41, 5.74) is 3.26. The summed E-state index contributed by atoms with van der Waals surface area (Å²) >= 11 is 1.69. The lowest BCUT2D eigenvalue weighted by Gasteiger charge is -2.29. The topological polar surface area (TPSA) is 86.8 Å². The Hall–Kier alpha value is -3.00. The SMILES string of the molecule is CC(C)N(C)C(=O)[C@H]1CCc2c(sc3ncnc(Nc4ccc5[nH]ncc5c4)c23)C1. The van der Waals surface area contributed by atoms with E-state index in [1.165, 1.54) is 10.4 Å². The molecule has 8 heteroatoms. The molecule has 1 aliphatic carbocycles. The highest BCUT2D eigenvalue weighted by molar-refractivity contribution is 7.19. The van der Waals surface area contributed by atoms with Gasteiger partial charge in [-0.2, -0.15) is 5.10 Å². The van der Waals surface area contributed by atoms with Crippen molar-refractivity contribution in [1.29, 1.82) is 0 Å². The molecule has 0 aliphatic heterocycles. The summed E-state index contributed by atoms with van der Waals surface area (Å²) in [7, 11) is 1.90. The van der Waals surface area contributed by atoms with Gasteiger partial charge >= 0.3 is 0 Å². The molecular weight excluding hydrogens is 396 g/mol. The summed E-state index contributed by atoms with van der Waals surface area (Å²) in [5.74, 6) is 1.11. The molecule has 0 radical (unpaired) electrons. The molecule has 4 aromatic rings. The van der Waals surface area contributed by atoms with Crippen LogP contribution in [0.1, 0.15) is 30.7 Å². The number of carbonyl (C=O) groups is 1. The van der Waals surface area contributed by atoms with Crippen molar-refractivity contribution in [2.75, 3.05) is 12.4 Å². The first kappa shape index (κ1) is 19.0. The van der Waals surface area contributed by atoms with E-state index in [-0.39, 0.29) is 17.9 Å². The third-order valence-electron chi connectivity index (χ3n) is 6.02. The maximum absolute atomic E-state index is 12.8. The van der Waals surface area contributed by atoms with Crippen molar-refractivity contribution in [3.63, 3.8) is 0 Å². The number of anilines is 2. The van der Waals surface area contributed by atoms with E-state index < -0.39 is 0 Å². The Morgan fingerprint density at radius 1 is 1.33 bits per heavy atom. The van der Waals surface area contributed by atoms with Crippen LogP contribution in [0.4, 0.5) is 11.5 Å². The zero-order valence-corrected chi connectivity index (χ0v) is 18.1. The zero-order valence-electron chi connectivity index (χ0n) is 17.3. The summed E-state index contributed by atoms with van der Waals surface area (Å²) in [6, 6.07) is 6.30. The summed E-state index contributed by atoms with van der Waals surface area (Å²) in [6.07, 6.45) is 5.95. The molecule has 0 unspecified atom stereocenters. The molecule has 0 saturated carbocycles. The van der Waals surface area contributed by atoms with Crippen LogP contribution in [-0.2, 0) is 17.6 Å². The number of thiophene rings is 1. The van der Waals surface area contributed by atoms with E-state index in [2.05, 4.69) is 45.4 Å². The molecule has 1 amide bonds. The molecule has 154 valence electrons. The maximum atomic E-state index is 12.8. The number of fused-ring (bicyclic) bond motifs is 4. The lowest BCUT2D eigenvalue weighted by atomic mass is 9.86. The van der Waals surface area contributed by atoms with E-state index in [1.54, 1.807) is 17.7 Å². The Labute approximate surface area is 178 Å². The van der Waals surface area contributed by atoms with Crippen molar-refractivity contribution in [2.45, 2.75) is 39.2 Å². The van der Waals surface area contributed by atoms with Crippen molar-refractivity contribution in [2.24, 2.45) is 5.92 Å². The van der Waals surface area contributed by atoms with Gasteiger partial charge in [0.1, 0.15) is 17.0 Å². The average molecular weight is 421 g/mol. The van der Waals surface area contributed by atoms with Crippen LogP contribution < -0.4 is 5.32 Å². The predicted molar refractivity (Wildman–Crippen MR) is 120 cm³/mol. The van der Waals surface area contributed by atoms with Gasteiger partial charge in [-0.3, -0.25) is 9.89 Å². The summed E-state index contributed by atoms with van der Waals surface area (Å²) in [4.78, 5) is 26.0. The monoisotopic (exact) mass is 420 g/mol. The van der Waals surface area contributed by atoms with Gasteiger partial charge < -0.3 is 10.2 Å². The molecule has 1 aliphatic rings. The van der Waals surface area contributed by atoms with Gasteiger partial charge in [0.2, 0.25) is 5.91 Å². The fourth-order valence-electron chi connectivity index (χ4n) is 4.12. The third-order valence-corrected chi connectivity index (χ3v) is 7.18. The van der Waals surface area contributed by atoms with Crippen LogP contribution in [0.3, 0.4) is 0 Å². The van der Waals surface area contributed by atoms with Crippen LogP contribution in [0.15, 0.2) is 30.7 Å². The minimum atomic E-state index is 0.0471. The number of hydrogen-bond donors (Lipinski definition) is 2. The van der Waals surface area contributed by atoms with E-state index in [9.17, 15) is 4.79 Å². The number of aromatic amines is 1. The molecule has 2 N–H and O–H groups in total. The lowest BCUT2D eigenvalue weighted by molar-refractivity contribution is -0.136. The lowest BCUT2D eigenvalue weighted by Crippen LogP contribution is -2.39. The van der Waals surface area contributed by atoms with Crippen LogP contribution in [0.25, 0.3) is 21.1 Å². The fourth-order valence-corrected chi connectivity index (χ4v) is 5.38. The van der Waals surface area contributed by atoms with Gasteiger partial charge in [-0.25, -0.2) is 9.97 Å². The van der Waals surface area contributed by atoms with Gasteiger partial charge in [-0.15, -0.1) is 11.3 Å². The minimum absolute atomic E-state index is 0.0471. The second kappa shape index (κ2) is 7.36. The molecule has 3 aromatic heterocycles. The minimum Gasteiger partial charge on any atom is -0.343 e. The number of aromatic nitrogens is 4. The summed E-state index contributed by atoms with van der Waals surface area (Å²) < 4.78 is 0. The second-order valence-corrected chi connectivity index (χ2v) is 9.27. The Bertz CT molecular complexity index is 1240. The summed E-state index contributed by atoms with van der Waals surface area (Å²) in [6.45, 7) is 4.11. The van der Waals surface area contributed by atoms with Gasteiger partial charge in [0.05, 0.1) is 17.1 Å². The first-order valence-electron chi connectivity index (χ1n) is 10.2. The number of rotatable bonds is 4. The smallest absolute Gasteiger partial charge is 0.226 e. The molecule has 0 bridgehead atoms. The van der Waals surface area contributed by atoms with E-state index in [0.717, 1.165) is 51.9 Å². The predicted octanol–water partition coefficient (Wildman–Crippen LogP) is 4.28. The van der Waals surface area contributed by atoms with Crippen molar-refractivity contribution < 1.29 is 4.79 Å². The van der Waals surface area contributed by atoms with Crippen LogP contribution in [0, 0.1) is 5.92 Å². The third kappa shape index (κ3) is 3.21. The standard InChI is InChI=1S/C22H24N6OS/c1-12(2)28(3)22(29)13-4-6-16-18(9-13)30-21-19(16)20(23-11-24-21)26-15-5-7-17-14(8-15)10-25-27-17/h5,7-8,10-13H,4,6,9H2,1-3H3,(H,25,27)(H,23,24,26)/t13-/m0/s1. The highest BCUT2D eigenvalue weighted by atomic mass is 32.1. The van der Waals surface area contributed by atoms with Crippen LogP contribution >= 0.6 is 11.3 Å². The Kier molecular flexibility index (Phi) is 4.66. The number of amides is 1. The molecule has 7 nitrogen and oxygen atoms in total. The van der Waals surface area contributed by atoms with Crippen LogP contribution in [0.5, 0.6) is 0 Å². The molecule has 0 saturated heterocycles. The molecule has 0 fully saturated rings. The number of aryl methyl sites for hydroxylation is 1. The molecule has 0 spiro atoms. The van der Waals surface area contributed by atoms with E-state index in [4.69, 9.17) is 0 Å². The average Bonchev–Trinajstić information content (AvgIpc) is 3.36. The van der Waals surface area contributed by atoms with Crippen LogP contribution in [0.2, 0.25) is 0 Å². The Morgan fingerprint density at radius 2 is 2.20 bits per heavy atom. The normalized spacial score (nSPS) is 16.2. The van der Waals surface area contributed by atoms with Crippen molar-refractivity contribution in [1.82, 2.24) is 25.1 Å². The molecule has 1 atom stereocenters. The van der Waals surface area contributed by atoms with E-state index >= 15 is 0 Å². The van der Waals surface area contributed by atoms with Gasteiger partial charge in [0, 0.05) is 35.0 Å². The molecular formula is C22H24N6OS. The number of nitrogens with one attached hydrogen (secondary N) is 2. The van der Waals surface area contributed by atoms with E-state index in [1.807, 2.05) is 30.3 Å². The highest BCUT2D eigenvalue weighted by Gasteiger charge is 2.31. The molecule has 5 rings (SSSR count). The number of H-pyrrole nitrogens is 1. The largest absolute Gasteiger partial charge is 0.343 e. The van der Waals surface area contributed by atoms with E-state index in [0.29, 0.717) is 0 Å². The fraction of sp³-hybridized carbons (Fsp3) is 0.364. The first-order valence-corrected chi connectivity index (χ1v) is 11.0. The van der Waals surface area contributed by atoms with Gasteiger partial charge in [0.25, 0.3) is 0 Å². The van der Waals surface area contributed by atoms with Gasteiger partial charge in [-0.1, -0.05) is 0 Å². The number of hydrogen-bond acceptors (Lipinski definition) is 6. The van der Waals surface area contributed by atoms with Crippen molar-refractivity contribution in [3.8, 4) is 0 Å². The zero-order chi connectivity index (χ0) is 20.8. The first-order chi connectivity index (χ1) is 14.5. The summed E-state index contributed by atoms with van der Waals surface area (Å²) in [5, 5.41) is 12.7. The second-order valence-electron chi connectivity index (χ2n) is 8.19. The molecule has 1 aromatic carbocycles. The van der Waals surface area contributed by atoms with Gasteiger partial charge in [0.15, 0.2) is 0 Å². The Balaban J connectivity index is 1.47. The molecule has 3 heterocycles. The maximum Gasteiger partial charge on any atom is 0.226 e. The quantitative estimate of drug-likeness (QED) is 0.514. The Morgan fingerprint density at radius 3 is 3.03 bits per heavy atom. The number of carbonyl (C=O) groups excluding carboxylic acids is 1. The van der Waals surface area contributed by atoms with Crippen molar-refractivity contribution in [3.05, 3.63) is 41.2 Å². The van der Waals surface area contributed by atoms with Gasteiger partial charge in [-0.05, 0) is 56.9 Å². The number of benzene rings is 1.